The van der Waals surface area contributed by atoms with Crippen LogP contribution in [0.2, 0.25) is 5.15 Å². The normalized spacial score (nSPS) is 19.2. The van der Waals surface area contributed by atoms with Gasteiger partial charge in [0.15, 0.2) is 0 Å². The molecule has 0 amide bonds. The molecule has 0 saturated carbocycles. The third-order valence-electron chi connectivity index (χ3n) is 3.39. The number of nitrogens with zero attached hydrogens (tertiary/aromatic N) is 2. The zero-order valence-electron chi connectivity index (χ0n) is 12.1. The topological polar surface area (TPSA) is 47.0 Å². The Balaban J connectivity index is 2.22. The van der Waals surface area contributed by atoms with Crippen molar-refractivity contribution in [3.63, 3.8) is 0 Å². The monoisotopic (exact) mass is 283 g/mol. The predicted molar refractivity (Wildman–Crippen MR) is 77.8 cm³/mol. The van der Waals surface area contributed by atoms with Crippen LogP contribution < -0.4 is 5.32 Å². The summed E-state index contributed by atoms with van der Waals surface area (Å²) in [5.74, 6) is 1.56. The Morgan fingerprint density at radius 1 is 1.26 bits per heavy atom. The molecule has 0 aliphatic carbocycles. The van der Waals surface area contributed by atoms with Crippen molar-refractivity contribution in [1.29, 1.82) is 0 Å². The van der Waals surface area contributed by atoms with Crippen molar-refractivity contribution < 1.29 is 4.74 Å². The summed E-state index contributed by atoms with van der Waals surface area (Å²) >= 11 is 6.10. The van der Waals surface area contributed by atoms with Crippen LogP contribution in [0.1, 0.15) is 46.4 Å². The maximum atomic E-state index is 6.10. The van der Waals surface area contributed by atoms with E-state index in [1.54, 1.807) is 6.07 Å². The molecule has 0 bridgehead atoms. The highest BCUT2D eigenvalue weighted by atomic mass is 35.5. The van der Waals surface area contributed by atoms with Crippen molar-refractivity contribution in [2.75, 3.05) is 18.5 Å². The molecule has 0 unspecified atom stereocenters. The summed E-state index contributed by atoms with van der Waals surface area (Å²) in [5, 5.41) is 3.98. The van der Waals surface area contributed by atoms with Gasteiger partial charge in [-0.15, -0.1) is 0 Å². The Hall–Kier alpha value is -0.870. The third kappa shape index (κ3) is 3.80. The van der Waals surface area contributed by atoms with Gasteiger partial charge in [-0.3, -0.25) is 0 Å². The molecule has 1 aromatic rings. The van der Waals surface area contributed by atoms with E-state index in [4.69, 9.17) is 16.3 Å². The molecule has 0 spiro atoms. The molecule has 106 valence electrons. The van der Waals surface area contributed by atoms with Gasteiger partial charge in [0, 0.05) is 30.2 Å². The molecule has 4 nitrogen and oxygen atoms in total. The molecule has 2 heterocycles. The summed E-state index contributed by atoms with van der Waals surface area (Å²) in [6.07, 6.45) is 1.94. The molecule has 2 rings (SSSR count). The van der Waals surface area contributed by atoms with Gasteiger partial charge in [0.1, 0.15) is 16.8 Å². The zero-order chi connectivity index (χ0) is 14.1. The quantitative estimate of drug-likeness (QED) is 0.845. The SMILES string of the molecule is CC1(Nc2cc(Cl)nc(C(C)(C)C)n2)CCOCC1. The van der Waals surface area contributed by atoms with E-state index in [2.05, 4.69) is 43.0 Å². The lowest BCUT2D eigenvalue weighted by Crippen LogP contribution is -2.41. The van der Waals surface area contributed by atoms with Crippen LogP contribution in [0.4, 0.5) is 5.82 Å². The first kappa shape index (κ1) is 14.5. The predicted octanol–water partition coefficient (Wildman–Crippen LogP) is 3.41. The molecule has 1 saturated heterocycles. The molecular weight excluding hydrogens is 262 g/mol. The van der Waals surface area contributed by atoms with Gasteiger partial charge in [0.25, 0.3) is 0 Å². The Bertz CT molecular complexity index is 450. The van der Waals surface area contributed by atoms with Gasteiger partial charge in [-0.2, -0.15) is 0 Å². The maximum Gasteiger partial charge on any atom is 0.137 e. The molecule has 0 atom stereocenters. The number of anilines is 1. The van der Waals surface area contributed by atoms with Crippen molar-refractivity contribution >= 4 is 17.4 Å². The molecular formula is C14H22ClN3O. The van der Waals surface area contributed by atoms with Crippen LogP contribution in [-0.4, -0.2) is 28.7 Å². The molecule has 1 aliphatic rings. The van der Waals surface area contributed by atoms with Gasteiger partial charge in [0.05, 0.1) is 0 Å². The maximum absolute atomic E-state index is 6.10. The zero-order valence-corrected chi connectivity index (χ0v) is 12.8. The summed E-state index contributed by atoms with van der Waals surface area (Å²) in [7, 11) is 0. The molecule has 0 radical (unpaired) electrons. The minimum absolute atomic E-state index is 0.0189. The highest BCUT2D eigenvalue weighted by molar-refractivity contribution is 6.29. The average Bonchev–Trinajstić information content (AvgIpc) is 2.27. The molecule has 1 aromatic heterocycles. The third-order valence-corrected chi connectivity index (χ3v) is 3.59. The summed E-state index contributed by atoms with van der Waals surface area (Å²) in [6, 6.07) is 1.79. The Kier molecular flexibility index (Phi) is 4.02. The number of hydrogen-bond acceptors (Lipinski definition) is 4. The molecule has 19 heavy (non-hydrogen) atoms. The second-order valence-electron chi connectivity index (χ2n) is 6.45. The van der Waals surface area contributed by atoms with Crippen LogP contribution in [0.25, 0.3) is 0 Å². The minimum atomic E-state index is -0.113. The van der Waals surface area contributed by atoms with Gasteiger partial charge in [0.2, 0.25) is 0 Å². The number of rotatable bonds is 2. The molecule has 1 fully saturated rings. The Labute approximate surface area is 119 Å². The first-order valence-electron chi connectivity index (χ1n) is 6.70. The number of nitrogens with one attached hydrogen (secondary N) is 1. The van der Waals surface area contributed by atoms with Crippen molar-refractivity contribution in [1.82, 2.24) is 9.97 Å². The fraction of sp³-hybridized carbons (Fsp3) is 0.714. The van der Waals surface area contributed by atoms with Crippen LogP contribution in [-0.2, 0) is 10.2 Å². The number of halogens is 1. The van der Waals surface area contributed by atoms with Crippen LogP contribution in [0.5, 0.6) is 0 Å². The minimum Gasteiger partial charge on any atom is -0.381 e. The van der Waals surface area contributed by atoms with Crippen molar-refractivity contribution in [3.05, 3.63) is 17.0 Å². The summed E-state index contributed by atoms with van der Waals surface area (Å²) in [5.41, 5.74) is -0.0942. The first-order valence-corrected chi connectivity index (χ1v) is 7.07. The van der Waals surface area contributed by atoms with E-state index in [1.807, 2.05) is 0 Å². The number of aromatic nitrogens is 2. The molecule has 1 N–H and O–H groups in total. The second-order valence-corrected chi connectivity index (χ2v) is 6.83. The van der Waals surface area contributed by atoms with Crippen molar-refractivity contribution in [2.24, 2.45) is 0 Å². The van der Waals surface area contributed by atoms with Crippen LogP contribution >= 0.6 is 11.6 Å². The molecule has 5 heteroatoms. The van der Waals surface area contributed by atoms with Crippen molar-refractivity contribution in [2.45, 2.75) is 51.5 Å². The van der Waals surface area contributed by atoms with E-state index in [1.165, 1.54) is 0 Å². The highest BCUT2D eigenvalue weighted by Gasteiger charge is 2.28. The lowest BCUT2D eigenvalue weighted by molar-refractivity contribution is 0.0657. The van der Waals surface area contributed by atoms with E-state index in [0.29, 0.717) is 5.15 Å². The van der Waals surface area contributed by atoms with Crippen LogP contribution in [0.3, 0.4) is 0 Å². The fourth-order valence-electron chi connectivity index (χ4n) is 2.07. The number of hydrogen-bond donors (Lipinski definition) is 1. The van der Waals surface area contributed by atoms with Crippen LogP contribution in [0, 0.1) is 0 Å². The molecule has 1 aliphatic heterocycles. The van der Waals surface area contributed by atoms with Gasteiger partial charge in [-0.25, -0.2) is 9.97 Å². The molecule has 0 aromatic carbocycles. The summed E-state index contributed by atoms with van der Waals surface area (Å²) in [6.45, 7) is 10.0. The van der Waals surface area contributed by atoms with E-state index in [-0.39, 0.29) is 11.0 Å². The van der Waals surface area contributed by atoms with E-state index < -0.39 is 0 Å². The fourth-order valence-corrected chi connectivity index (χ4v) is 2.26. The lowest BCUT2D eigenvalue weighted by atomic mass is 9.92. The van der Waals surface area contributed by atoms with Gasteiger partial charge in [-0.05, 0) is 19.8 Å². The second kappa shape index (κ2) is 5.25. The Morgan fingerprint density at radius 3 is 2.47 bits per heavy atom. The van der Waals surface area contributed by atoms with E-state index in [0.717, 1.165) is 37.7 Å². The van der Waals surface area contributed by atoms with Gasteiger partial charge >= 0.3 is 0 Å². The Morgan fingerprint density at radius 2 is 1.89 bits per heavy atom. The van der Waals surface area contributed by atoms with Crippen molar-refractivity contribution in [3.8, 4) is 0 Å². The standard InChI is InChI=1S/C14H22ClN3O/c1-13(2,3)12-16-10(15)9-11(17-12)18-14(4)5-7-19-8-6-14/h9H,5-8H2,1-4H3,(H,16,17,18). The summed E-state index contributed by atoms with van der Waals surface area (Å²) < 4.78 is 5.41. The van der Waals surface area contributed by atoms with Gasteiger partial charge in [-0.1, -0.05) is 32.4 Å². The van der Waals surface area contributed by atoms with E-state index in [9.17, 15) is 0 Å². The largest absolute Gasteiger partial charge is 0.381 e. The summed E-state index contributed by atoms with van der Waals surface area (Å²) in [4.78, 5) is 8.91. The lowest BCUT2D eigenvalue weighted by Gasteiger charge is -2.35. The number of ether oxygens (including phenoxy) is 1. The first-order chi connectivity index (χ1) is 8.78. The van der Waals surface area contributed by atoms with E-state index >= 15 is 0 Å². The smallest absolute Gasteiger partial charge is 0.137 e. The van der Waals surface area contributed by atoms with Crippen LogP contribution in [0.15, 0.2) is 6.07 Å². The average molecular weight is 284 g/mol. The highest BCUT2D eigenvalue weighted by Crippen LogP contribution is 2.27. The van der Waals surface area contributed by atoms with Gasteiger partial charge < -0.3 is 10.1 Å².